The van der Waals surface area contributed by atoms with Gasteiger partial charge in [0.05, 0.1) is 25.9 Å². The first-order chi connectivity index (χ1) is 15.0. The molecule has 0 radical (unpaired) electrons. The molecule has 0 aromatic heterocycles. The molecule has 31 heavy (non-hydrogen) atoms. The van der Waals surface area contributed by atoms with Crippen LogP contribution in [0.4, 0.5) is 9.59 Å². The monoisotopic (exact) mass is 428 g/mol. The van der Waals surface area contributed by atoms with Crippen molar-refractivity contribution in [2.75, 3.05) is 7.11 Å². The van der Waals surface area contributed by atoms with Crippen molar-refractivity contribution >= 4 is 18.2 Å². The van der Waals surface area contributed by atoms with Crippen LogP contribution in [-0.4, -0.2) is 31.4 Å². The van der Waals surface area contributed by atoms with Gasteiger partial charge in [0.25, 0.3) is 0 Å². The number of fused-ring (bicyclic) bond motifs is 1. The van der Waals surface area contributed by atoms with Crippen molar-refractivity contribution in [3.05, 3.63) is 59.7 Å². The highest BCUT2D eigenvalue weighted by atomic mass is 16.7. The maximum absolute atomic E-state index is 12.3. The van der Waals surface area contributed by atoms with Crippen molar-refractivity contribution in [2.45, 2.75) is 38.0 Å². The van der Waals surface area contributed by atoms with Crippen LogP contribution < -0.4 is 20.5 Å². The first-order valence-electron chi connectivity index (χ1n) is 9.79. The van der Waals surface area contributed by atoms with E-state index in [-0.39, 0.29) is 17.9 Å². The lowest BCUT2D eigenvalue weighted by Gasteiger charge is -2.33. The molecule has 2 atom stereocenters. The SMILES string of the molecule is COC(=O)Oc1cccc2c1OC(=O)NC2C(CCCC(N)=O)OCc1ccccc1. The van der Waals surface area contributed by atoms with Gasteiger partial charge in [0.1, 0.15) is 0 Å². The van der Waals surface area contributed by atoms with Crippen molar-refractivity contribution in [1.82, 2.24) is 5.32 Å². The fourth-order valence-corrected chi connectivity index (χ4v) is 3.32. The predicted octanol–water partition coefficient (Wildman–Crippen LogP) is 3.22. The summed E-state index contributed by atoms with van der Waals surface area (Å²) in [6.45, 7) is 0.309. The lowest BCUT2D eigenvalue weighted by molar-refractivity contribution is -0.118. The summed E-state index contributed by atoms with van der Waals surface area (Å²) in [4.78, 5) is 35.0. The van der Waals surface area contributed by atoms with Crippen LogP contribution in [0.1, 0.15) is 36.4 Å². The summed E-state index contributed by atoms with van der Waals surface area (Å²) in [7, 11) is 1.18. The Hall–Kier alpha value is -3.59. The number of benzene rings is 2. The van der Waals surface area contributed by atoms with Crippen molar-refractivity contribution in [3.63, 3.8) is 0 Å². The smallest absolute Gasteiger partial charge is 0.437 e. The molecule has 0 saturated heterocycles. The lowest BCUT2D eigenvalue weighted by Crippen LogP contribution is -2.43. The molecular weight excluding hydrogens is 404 g/mol. The van der Waals surface area contributed by atoms with Gasteiger partial charge in [0, 0.05) is 12.0 Å². The van der Waals surface area contributed by atoms with Crippen LogP contribution in [0.25, 0.3) is 0 Å². The molecule has 0 spiro atoms. The number of para-hydroxylation sites is 1. The molecule has 1 aliphatic heterocycles. The van der Waals surface area contributed by atoms with Crippen LogP contribution in [0.5, 0.6) is 11.5 Å². The van der Waals surface area contributed by atoms with E-state index in [2.05, 4.69) is 10.1 Å². The maximum Gasteiger partial charge on any atom is 0.513 e. The Morgan fingerprint density at radius 1 is 1.16 bits per heavy atom. The molecule has 2 unspecified atom stereocenters. The highest BCUT2D eigenvalue weighted by Gasteiger charge is 2.35. The minimum absolute atomic E-state index is 0.0585. The molecule has 0 saturated carbocycles. The molecule has 164 valence electrons. The van der Waals surface area contributed by atoms with E-state index < -0.39 is 30.3 Å². The molecule has 1 heterocycles. The number of nitrogens with two attached hydrogens (primary N) is 1. The van der Waals surface area contributed by atoms with E-state index in [0.29, 0.717) is 25.0 Å². The van der Waals surface area contributed by atoms with E-state index in [9.17, 15) is 14.4 Å². The van der Waals surface area contributed by atoms with Gasteiger partial charge in [-0.1, -0.05) is 42.5 Å². The second-order valence-corrected chi connectivity index (χ2v) is 6.94. The van der Waals surface area contributed by atoms with Crippen molar-refractivity contribution in [2.24, 2.45) is 5.73 Å². The summed E-state index contributed by atoms with van der Waals surface area (Å²) in [5.41, 5.74) is 6.81. The zero-order valence-corrected chi connectivity index (χ0v) is 17.0. The van der Waals surface area contributed by atoms with Gasteiger partial charge in [-0.15, -0.1) is 0 Å². The number of hydrogen-bond donors (Lipinski definition) is 2. The third-order valence-corrected chi connectivity index (χ3v) is 4.76. The van der Waals surface area contributed by atoms with E-state index in [1.54, 1.807) is 12.1 Å². The molecule has 0 fully saturated rings. The molecule has 9 heteroatoms. The largest absolute Gasteiger partial charge is 0.513 e. The van der Waals surface area contributed by atoms with Crippen LogP contribution in [0.15, 0.2) is 48.5 Å². The predicted molar refractivity (Wildman–Crippen MR) is 109 cm³/mol. The first kappa shape index (κ1) is 22.1. The Morgan fingerprint density at radius 3 is 2.65 bits per heavy atom. The number of ether oxygens (including phenoxy) is 4. The maximum atomic E-state index is 12.3. The minimum atomic E-state index is -0.933. The molecule has 3 N–H and O–H groups in total. The van der Waals surface area contributed by atoms with Gasteiger partial charge in [-0.25, -0.2) is 9.59 Å². The van der Waals surface area contributed by atoms with E-state index in [1.807, 2.05) is 30.3 Å². The number of amides is 2. The van der Waals surface area contributed by atoms with E-state index in [1.165, 1.54) is 13.2 Å². The summed E-state index contributed by atoms with van der Waals surface area (Å²) in [6.07, 6.45) is -0.988. The van der Waals surface area contributed by atoms with Crippen LogP contribution in [0.3, 0.4) is 0 Å². The second kappa shape index (κ2) is 10.4. The molecule has 9 nitrogen and oxygen atoms in total. The van der Waals surface area contributed by atoms with E-state index >= 15 is 0 Å². The number of carbonyl (C=O) groups is 3. The number of primary amides is 1. The van der Waals surface area contributed by atoms with Crippen LogP contribution in [0, 0.1) is 0 Å². The summed E-state index contributed by atoms with van der Waals surface area (Å²) in [5, 5.41) is 2.77. The number of nitrogens with one attached hydrogen (secondary N) is 1. The van der Waals surface area contributed by atoms with E-state index in [4.69, 9.17) is 19.9 Å². The molecule has 2 aromatic rings. The molecule has 3 rings (SSSR count). The molecule has 0 aliphatic carbocycles. The number of hydrogen-bond acceptors (Lipinski definition) is 7. The third-order valence-electron chi connectivity index (χ3n) is 4.76. The minimum Gasteiger partial charge on any atom is -0.437 e. The highest BCUT2D eigenvalue weighted by molar-refractivity contribution is 5.77. The number of carbonyl (C=O) groups excluding carboxylic acids is 3. The lowest BCUT2D eigenvalue weighted by atomic mass is 9.95. The quantitative estimate of drug-likeness (QED) is 0.464. The molecule has 0 bridgehead atoms. The third kappa shape index (κ3) is 5.95. The Balaban J connectivity index is 1.87. The number of methoxy groups -OCH3 is 1. The zero-order chi connectivity index (χ0) is 22.2. The average molecular weight is 428 g/mol. The summed E-state index contributed by atoms with van der Waals surface area (Å²) in [5.74, 6) is -0.236. The highest BCUT2D eigenvalue weighted by Crippen LogP contribution is 2.40. The van der Waals surface area contributed by atoms with Gasteiger partial charge in [-0.3, -0.25) is 4.79 Å². The van der Waals surface area contributed by atoms with Gasteiger partial charge >= 0.3 is 12.2 Å². The second-order valence-electron chi connectivity index (χ2n) is 6.94. The molecular formula is C22H24N2O7. The normalized spacial score (nSPS) is 15.8. The Labute approximate surface area is 179 Å². The fourth-order valence-electron chi connectivity index (χ4n) is 3.32. The average Bonchev–Trinajstić information content (AvgIpc) is 2.76. The molecule has 2 aromatic carbocycles. The topological polar surface area (TPSA) is 126 Å². The molecule has 2 amide bonds. The van der Waals surface area contributed by atoms with Crippen molar-refractivity contribution in [3.8, 4) is 11.5 Å². The van der Waals surface area contributed by atoms with Crippen molar-refractivity contribution in [1.29, 1.82) is 0 Å². The van der Waals surface area contributed by atoms with Crippen molar-refractivity contribution < 1.29 is 33.3 Å². The van der Waals surface area contributed by atoms with Gasteiger partial charge in [-0.2, -0.15) is 0 Å². The zero-order valence-electron chi connectivity index (χ0n) is 17.0. The Morgan fingerprint density at radius 2 is 1.94 bits per heavy atom. The standard InChI is InChI=1S/C22H24N2O7/c1-28-22(27)30-17-11-5-9-15-19(24-21(26)31-20(15)17)16(10-6-12-18(23)25)29-13-14-7-3-2-4-8-14/h2-5,7-9,11,16,19H,6,10,12-13H2,1H3,(H2,23,25)(H,24,26). The van der Waals surface area contributed by atoms with Gasteiger partial charge in [0.2, 0.25) is 5.91 Å². The van der Waals surface area contributed by atoms with Gasteiger partial charge < -0.3 is 30.0 Å². The molecule has 1 aliphatic rings. The summed E-state index contributed by atoms with van der Waals surface area (Å²) < 4.78 is 21.1. The number of rotatable bonds is 9. The first-order valence-corrected chi connectivity index (χ1v) is 9.79. The van der Waals surface area contributed by atoms with Crippen LogP contribution in [-0.2, 0) is 20.9 Å². The van der Waals surface area contributed by atoms with Crippen LogP contribution >= 0.6 is 0 Å². The Bertz CT molecular complexity index is 933. The summed E-state index contributed by atoms with van der Waals surface area (Å²) in [6, 6.07) is 13.9. The van der Waals surface area contributed by atoms with Gasteiger partial charge in [0.15, 0.2) is 11.5 Å². The fraction of sp³-hybridized carbons (Fsp3) is 0.318. The Kier molecular flexibility index (Phi) is 7.45. The summed E-state index contributed by atoms with van der Waals surface area (Å²) >= 11 is 0. The van der Waals surface area contributed by atoms with Crippen LogP contribution in [0.2, 0.25) is 0 Å². The van der Waals surface area contributed by atoms with Gasteiger partial charge in [-0.05, 0) is 24.5 Å². The van der Waals surface area contributed by atoms with E-state index in [0.717, 1.165) is 5.56 Å².